The topological polar surface area (TPSA) is 108 Å². The standard InChI is InChI=1S/C27H30F2N8S/c1-15-11-23(36-35-15)34-27(33-17(3)37(4)25-21(28)12-19(38-5)13-22(25)29)24(18-7-8-18)16(2)20(14-30)26-31-9-6-10-32-26/h6,9-14,18H,2,7-8,30H2,1,3-5H3,(H2,34,35,36)/b20-14-,27-24-,33-17+. The molecule has 8 nitrogen and oxygen atoms in total. The Bertz CT molecular complexity index is 1400. The molecule has 1 aromatic carbocycles. The lowest BCUT2D eigenvalue weighted by Crippen LogP contribution is -2.26. The van der Waals surface area contributed by atoms with Crippen molar-refractivity contribution >= 4 is 34.7 Å². The van der Waals surface area contributed by atoms with Crippen molar-refractivity contribution in [1.29, 1.82) is 0 Å². The fourth-order valence-electron chi connectivity index (χ4n) is 3.99. The van der Waals surface area contributed by atoms with Gasteiger partial charge in [-0.1, -0.05) is 6.58 Å². The van der Waals surface area contributed by atoms with Crippen molar-refractivity contribution in [2.75, 3.05) is 23.5 Å². The van der Waals surface area contributed by atoms with Gasteiger partial charge < -0.3 is 16.0 Å². The third-order valence-electron chi connectivity index (χ3n) is 6.14. The van der Waals surface area contributed by atoms with Gasteiger partial charge in [-0.3, -0.25) is 5.10 Å². The normalized spacial score (nSPS) is 14.8. The molecule has 0 amide bonds. The summed E-state index contributed by atoms with van der Waals surface area (Å²) in [5.41, 5.74) is 8.66. The lowest BCUT2D eigenvalue weighted by Gasteiger charge is -2.22. The van der Waals surface area contributed by atoms with E-state index in [4.69, 9.17) is 10.7 Å². The molecule has 0 spiro atoms. The smallest absolute Gasteiger partial charge is 0.161 e. The molecule has 1 saturated carbocycles. The molecular weight excluding hydrogens is 506 g/mol. The zero-order chi connectivity index (χ0) is 27.4. The summed E-state index contributed by atoms with van der Waals surface area (Å²) in [6, 6.07) is 6.18. The van der Waals surface area contributed by atoms with Gasteiger partial charge >= 0.3 is 0 Å². The number of aromatic amines is 1. The number of aliphatic imine (C=N–C) groups is 1. The molecule has 0 bridgehead atoms. The number of aromatic nitrogens is 4. The Morgan fingerprint density at radius 3 is 2.42 bits per heavy atom. The number of rotatable bonds is 9. The molecule has 0 aliphatic heterocycles. The number of nitrogens with zero attached hydrogens (tertiary/aromatic N) is 5. The van der Waals surface area contributed by atoms with Crippen LogP contribution in [0.1, 0.15) is 31.3 Å². The third-order valence-corrected chi connectivity index (χ3v) is 6.84. The quantitative estimate of drug-likeness (QED) is 0.140. The van der Waals surface area contributed by atoms with Crippen molar-refractivity contribution in [3.8, 4) is 0 Å². The van der Waals surface area contributed by atoms with Crippen molar-refractivity contribution in [2.24, 2.45) is 16.6 Å². The average molecular weight is 537 g/mol. The van der Waals surface area contributed by atoms with Crippen LogP contribution in [0.5, 0.6) is 0 Å². The Labute approximate surface area is 224 Å². The molecule has 1 aliphatic rings. The van der Waals surface area contributed by atoms with Crippen LogP contribution in [-0.2, 0) is 0 Å². The number of H-pyrrole nitrogens is 1. The van der Waals surface area contributed by atoms with E-state index < -0.39 is 11.6 Å². The van der Waals surface area contributed by atoms with Crippen LogP contribution in [0.4, 0.5) is 20.3 Å². The highest BCUT2D eigenvalue weighted by molar-refractivity contribution is 7.98. The van der Waals surface area contributed by atoms with Crippen LogP contribution in [0.3, 0.4) is 0 Å². The molecule has 2 aromatic heterocycles. The van der Waals surface area contributed by atoms with E-state index in [9.17, 15) is 8.78 Å². The number of allylic oxidation sites excluding steroid dienone is 3. The third kappa shape index (κ3) is 5.94. The van der Waals surface area contributed by atoms with E-state index >= 15 is 0 Å². The Morgan fingerprint density at radius 1 is 1.24 bits per heavy atom. The Kier molecular flexibility index (Phi) is 8.26. The van der Waals surface area contributed by atoms with E-state index in [1.807, 2.05) is 13.0 Å². The van der Waals surface area contributed by atoms with Crippen LogP contribution >= 0.6 is 11.8 Å². The fraction of sp³-hybridized carbons (Fsp3) is 0.259. The second-order valence-corrected chi connectivity index (χ2v) is 9.77. The number of halogens is 2. The maximum Gasteiger partial charge on any atom is 0.161 e. The van der Waals surface area contributed by atoms with Crippen LogP contribution < -0.4 is 16.0 Å². The molecule has 0 atom stereocenters. The highest BCUT2D eigenvalue weighted by Gasteiger charge is 2.33. The van der Waals surface area contributed by atoms with Gasteiger partial charge in [-0.15, -0.1) is 11.8 Å². The minimum atomic E-state index is -0.672. The number of hydrogen-bond donors (Lipinski definition) is 3. The van der Waals surface area contributed by atoms with Gasteiger partial charge in [0.15, 0.2) is 23.3 Å². The first-order valence-corrected chi connectivity index (χ1v) is 13.2. The SMILES string of the molecule is C=C(/C(=C/N)c1ncccn1)/C(=C(\N=C(/C)N(C)c1c(F)cc(SC)cc1F)Nc1cc(C)[nH]n1)C1CC1. The van der Waals surface area contributed by atoms with Crippen molar-refractivity contribution in [3.05, 3.63) is 89.6 Å². The molecule has 2 heterocycles. The average Bonchev–Trinajstić information content (AvgIpc) is 3.64. The highest BCUT2D eigenvalue weighted by Crippen LogP contribution is 2.44. The number of nitrogens with two attached hydrogens (primary N) is 1. The number of aryl methyl sites for hydroxylation is 1. The number of hydrogen-bond acceptors (Lipinski definition) is 7. The Balaban J connectivity index is 1.82. The highest BCUT2D eigenvalue weighted by atomic mass is 32.2. The molecule has 0 radical (unpaired) electrons. The first-order chi connectivity index (χ1) is 18.2. The van der Waals surface area contributed by atoms with Gasteiger partial charge in [0.2, 0.25) is 0 Å². The molecule has 38 heavy (non-hydrogen) atoms. The summed E-state index contributed by atoms with van der Waals surface area (Å²) in [6.45, 7) is 7.90. The largest absolute Gasteiger partial charge is 0.404 e. The van der Waals surface area contributed by atoms with Crippen LogP contribution in [0.25, 0.3) is 5.57 Å². The summed E-state index contributed by atoms with van der Waals surface area (Å²) in [4.78, 5) is 15.4. The number of nitrogens with one attached hydrogen (secondary N) is 2. The minimum Gasteiger partial charge on any atom is -0.404 e. The molecule has 0 unspecified atom stereocenters. The predicted molar refractivity (Wildman–Crippen MR) is 150 cm³/mol. The summed E-state index contributed by atoms with van der Waals surface area (Å²) < 4.78 is 29.8. The number of anilines is 2. The summed E-state index contributed by atoms with van der Waals surface area (Å²) in [7, 11) is 1.57. The van der Waals surface area contributed by atoms with E-state index in [-0.39, 0.29) is 11.6 Å². The van der Waals surface area contributed by atoms with Gasteiger partial charge in [-0.05, 0) is 62.6 Å². The predicted octanol–water partition coefficient (Wildman–Crippen LogP) is 5.65. The summed E-state index contributed by atoms with van der Waals surface area (Å²) in [5, 5.41) is 10.5. The molecule has 0 saturated heterocycles. The second-order valence-electron chi connectivity index (χ2n) is 8.89. The Morgan fingerprint density at radius 2 is 1.89 bits per heavy atom. The van der Waals surface area contributed by atoms with Crippen molar-refractivity contribution < 1.29 is 8.78 Å². The van der Waals surface area contributed by atoms with Gasteiger partial charge in [-0.25, -0.2) is 23.7 Å². The zero-order valence-corrected chi connectivity index (χ0v) is 22.5. The molecule has 198 valence electrons. The maximum absolute atomic E-state index is 14.9. The molecule has 1 fully saturated rings. The zero-order valence-electron chi connectivity index (χ0n) is 21.7. The number of amidine groups is 1. The van der Waals surface area contributed by atoms with E-state index in [2.05, 4.69) is 32.1 Å². The van der Waals surface area contributed by atoms with E-state index in [1.165, 1.54) is 35.0 Å². The maximum atomic E-state index is 14.9. The van der Waals surface area contributed by atoms with Crippen LogP contribution in [-0.4, -0.2) is 39.3 Å². The van der Waals surface area contributed by atoms with Crippen molar-refractivity contribution in [2.45, 2.75) is 31.6 Å². The fourth-order valence-corrected chi connectivity index (χ4v) is 4.43. The van der Waals surface area contributed by atoms with E-state index in [0.717, 1.165) is 24.1 Å². The first-order valence-electron chi connectivity index (χ1n) is 12.0. The summed E-state index contributed by atoms with van der Waals surface area (Å²) >= 11 is 1.27. The number of thioether (sulfide) groups is 1. The summed E-state index contributed by atoms with van der Waals surface area (Å²) in [6.07, 6.45) is 8.31. The Hall–Kier alpha value is -3.99. The first kappa shape index (κ1) is 27.1. The lowest BCUT2D eigenvalue weighted by molar-refractivity contribution is 0.579. The summed E-state index contributed by atoms with van der Waals surface area (Å²) in [5.74, 6) is 0.589. The molecular formula is C27H30F2N8S. The number of benzene rings is 1. The molecule has 4 N–H and O–H groups in total. The van der Waals surface area contributed by atoms with Gasteiger partial charge in [0.25, 0.3) is 0 Å². The monoisotopic (exact) mass is 536 g/mol. The van der Waals surface area contributed by atoms with Gasteiger partial charge in [0, 0.05) is 53.4 Å². The molecule has 4 rings (SSSR count). The van der Waals surface area contributed by atoms with Gasteiger partial charge in [0.05, 0.1) is 0 Å². The minimum absolute atomic E-state index is 0.153. The molecule has 3 aromatic rings. The lowest BCUT2D eigenvalue weighted by atomic mass is 9.95. The van der Waals surface area contributed by atoms with Crippen LogP contribution in [0.15, 0.2) is 76.3 Å². The second kappa shape index (κ2) is 11.6. The van der Waals surface area contributed by atoms with Gasteiger partial charge in [0.1, 0.15) is 17.3 Å². The van der Waals surface area contributed by atoms with Crippen LogP contribution in [0, 0.1) is 24.5 Å². The van der Waals surface area contributed by atoms with E-state index in [1.54, 1.807) is 38.7 Å². The van der Waals surface area contributed by atoms with Crippen LogP contribution in [0.2, 0.25) is 0 Å². The molecule has 11 heteroatoms. The van der Waals surface area contributed by atoms with Gasteiger partial charge in [-0.2, -0.15) is 5.10 Å². The van der Waals surface area contributed by atoms with Crippen molar-refractivity contribution in [1.82, 2.24) is 20.2 Å². The molecule has 1 aliphatic carbocycles. The van der Waals surface area contributed by atoms with Crippen molar-refractivity contribution in [3.63, 3.8) is 0 Å². The van der Waals surface area contributed by atoms with E-state index in [0.29, 0.717) is 39.3 Å².